The maximum atomic E-state index is 12.3. The molecule has 0 radical (unpaired) electrons. The molecule has 1 N–H and O–H groups in total. The van der Waals surface area contributed by atoms with Gasteiger partial charge in [-0.3, -0.25) is 4.68 Å². The molecular formula is C20H17N5O3. The summed E-state index contributed by atoms with van der Waals surface area (Å²) in [5.74, 6) is 2.17. The lowest BCUT2D eigenvalue weighted by Gasteiger charge is -2.12. The summed E-state index contributed by atoms with van der Waals surface area (Å²) in [6, 6.07) is 9.44. The van der Waals surface area contributed by atoms with Crippen molar-refractivity contribution in [3.05, 3.63) is 58.8 Å². The van der Waals surface area contributed by atoms with Crippen LogP contribution in [0.5, 0.6) is 17.4 Å². The van der Waals surface area contributed by atoms with E-state index in [0.717, 1.165) is 36.5 Å². The van der Waals surface area contributed by atoms with E-state index in [1.165, 1.54) is 4.57 Å². The molecule has 0 bridgehead atoms. The Labute approximate surface area is 159 Å². The number of aromatic amines is 1. The van der Waals surface area contributed by atoms with Gasteiger partial charge >= 0.3 is 5.69 Å². The molecule has 1 fully saturated rings. The first kappa shape index (κ1) is 15.5. The number of hydrogen-bond acceptors (Lipinski definition) is 5. The van der Waals surface area contributed by atoms with Crippen LogP contribution in [0.2, 0.25) is 0 Å². The number of benzene rings is 1. The number of ether oxygens (including phenoxy) is 2. The van der Waals surface area contributed by atoms with Gasteiger partial charge in [0.25, 0.3) is 0 Å². The zero-order chi connectivity index (χ0) is 18.9. The predicted molar refractivity (Wildman–Crippen MR) is 101 cm³/mol. The van der Waals surface area contributed by atoms with Crippen LogP contribution >= 0.6 is 0 Å². The number of imidazole rings is 1. The van der Waals surface area contributed by atoms with Gasteiger partial charge in [-0.05, 0) is 31.0 Å². The van der Waals surface area contributed by atoms with Gasteiger partial charge in [-0.2, -0.15) is 5.10 Å². The molecule has 1 aromatic carbocycles. The smallest absolute Gasteiger partial charge is 0.332 e. The quantitative estimate of drug-likeness (QED) is 0.595. The van der Waals surface area contributed by atoms with E-state index in [0.29, 0.717) is 22.7 Å². The summed E-state index contributed by atoms with van der Waals surface area (Å²) in [5, 5.41) is 4.34. The second-order valence-corrected chi connectivity index (χ2v) is 7.46. The fourth-order valence-corrected chi connectivity index (χ4v) is 3.99. The van der Waals surface area contributed by atoms with Gasteiger partial charge in [0.15, 0.2) is 5.65 Å². The number of nitrogens with one attached hydrogen (secondary N) is 1. The first-order valence-electron chi connectivity index (χ1n) is 9.18. The third kappa shape index (κ3) is 2.14. The Balaban J connectivity index is 1.35. The monoisotopic (exact) mass is 375 g/mol. The SMILES string of the molecule is Cn1cc2[nH]c(=O)n(-c3ccc(Oc4cccc5c4C4(CC4)CO5)nc3)c2n1. The standard InChI is InChI=1S/C20H17N5O3/c1-24-10-13-18(23-24)25(19(26)22-13)12-5-6-16(21-9-12)28-15-4-2-3-14-17(15)20(7-8-20)11-27-14/h2-6,9-10H,7-8,11H2,1H3,(H,22,26). The van der Waals surface area contributed by atoms with Gasteiger partial charge in [0.2, 0.25) is 5.88 Å². The molecule has 1 aliphatic heterocycles. The molecule has 8 heteroatoms. The molecule has 0 saturated heterocycles. The zero-order valence-corrected chi connectivity index (χ0v) is 15.2. The summed E-state index contributed by atoms with van der Waals surface area (Å²) in [6.07, 6.45) is 5.64. The molecule has 0 unspecified atom stereocenters. The average molecular weight is 375 g/mol. The van der Waals surface area contributed by atoms with E-state index in [-0.39, 0.29) is 11.1 Å². The van der Waals surface area contributed by atoms with Gasteiger partial charge in [-0.15, -0.1) is 0 Å². The van der Waals surface area contributed by atoms with Crippen molar-refractivity contribution in [2.45, 2.75) is 18.3 Å². The number of pyridine rings is 1. The van der Waals surface area contributed by atoms with Crippen molar-refractivity contribution < 1.29 is 9.47 Å². The molecule has 140 valence electrons. The van der Waals surface area contributed by atoms with Crippen LogP contribution in [-0.2, 0) is 12.5 Å². The van der Waals surface area contributed by atoms with Crippen LogP contribution in [0.25, 0.3) is 16.9 Å². The Hall–Kier alpha value is -3.55. The number of aromatic nitrogens is 5. The number of H-pyrrole nitrogens is 1. The Morgan fingerprint density at radius 1 is 1.25 bits per heavy atom. The topological polar surface area (TPSA) is 87.0 Å². The molecule has 2 aliphatic rings. The summed E-state index contributed by atoms with van der Waals surface area (Å²) in [5.41, 5.74) is 2.90. The molecule has 28 heavy (non-hydrogen) atoms. The molecule has 6 rings (SSSR count). The number of rotatable bonds is 3. The minimum absolute atomic E-state index is 0.120. The average Bonchev–Trinajstić information content (AvgIpc) is 3.11. The lowest BCUT2D eigenvalue weighted by Crippen LogP contribution is -2.15. The van der Waals surface area contributed by atoms with E-state index < -0.39 is 0 Å². The maximum absolute atomic E-state index is 12.3. The third-order valence-corrected chi connectivity index (χ3v) is 5.54. The maximum Gasteiger partial charge on any atom is 0.332 e. The molecule has 8 nitrogen and oxygen atoms in total. The van der Waals surface area contributed by atoms with Crippen molar-refractivity contribution in [3.63, 3.8) is 0 Å². The molecule has 1 saturated carbocycles. The van der Waals surface area contributed by atoms with E-state index in [1.807, 2.05) is 25.2 Å². The normalized spacial score (nSPS) is 16.3. The van der Waals surface area contributed by atoms with Crippen molar-refractivity contribution in [1.29, 1.82) is 0 Å². The van der Waals surface area contributed by atoms with Crippen LogP contribution in [-0.4, -0.2) is 30.9 Å². The van der Waals surface area contributed by atoms with E-state index >= 15 is 0 Å². The first-order valence-corrected chi connectivity index (χ1v) is 9.18. The van der Waals surface area contributed by atoms with Crippen LogP contribution in [0.1, 0.15) is 18.4 Å². The molecule has 0 amide bonds. The number of aryl methyl sites for hydroxylation is 1. The van der Waals surface area contributed by atoms with Crippen molar-refractivity contribution in [1.82, 2.24) is 24.3 Å². The summed E-state index contributed by atoms with van der Waals surface area (Å²) < 4.78 is 15.1. The highest BCUT2D eigenvalue weighted by Gasteiger charge is 2.52. The summed E-state index contributed by atoms with van der Waals surface area (Å²) in [6.45, 7) is 0.728. The van der Waals surface area contributed by atoms with Crippen LogP contribution in [0.3, 0.4) is 0 Å². The van der Waals surface area contributed by atoms with E-state index in [9.17, 15) is 4.79 Å². The second-order valence-electron chi connectivity index (χ2n) is 7.46. The lowest BCUT2D eigenvalue weighted by molar-refractivity contribution is 0.323. The third-order valence-electron chi connectivity index (χ3n) is 5.54. The predicted octanol–water partition coefficient (Wildman–Crippen LogP) is 2.66. The van der Waals surface area contributed by atoms with Crippen molar-refractivity contribution >= 4 is 11.2 Å². The molecule has 1 aliphatic carbocycles. The fraction of sp³-hybridized carbons (Fsp3) is 0.250. The molecule has 4 heterocycles. The summed E-state index contributed by atoms with van der Waals surface area (Å²) in [4.78, 5) is 19.5. The molecule has 1 spiro atoms. The highest BCUT2D eigenvalue weighted by molar-refractivity contribution is 5.72. The minimum atomic E-state index is -0.248. The van der Waals surface area contributed by atoms with Gasteiger partial charge in [0.1, 0.15) is 17.0 Å². The van der Waals surface area contributed by atoms with Crippen molar-refractivity contribution in [3.8, 4) is 23.1 Å². The largest absolute Gasteiger partial charge is 0.492 e. The molecular weight excluding hydrogens is 358 g/mol. The lowest BCUT2D eigenvalue weighted by atomic mass is 9.97. The van der Waals surface area contributed by atoms with Crippen LogP contribution < -0.4 is 15.2 Å². The number of fused-ring (bicyclic) bond motifs is 3. The van der Waals surface area contributed by atoms with E-state index in [4.69, 9.17) is 9.47 Å². The summed E-state index contributed by atoms with van der Waals surface area (Å²) in [7, 11) is 1.81. The van der Waals surface area contributed by atoms with E-state index in [2.05, 4.69) is 15.1 Å². The highest BCUT2D eigenvalue weighted by Crippen LogP contribution is 2.58. The molecule has 0 atom stereocenters. The second kappa shape index (κ2) is 5.25. The first-order chi connectivity index (χ1) is 13.6. The van der Waals surface area contributed by atoms with Gasteiger partial charge in [0, 0.05) is 24.1 Å². The van der Waals surface area contributed by atoms with Gasteiger partial charge in [-0.1, -0.05) is 6.07 Å². The number of hydrogen-bond donors (Lipinski definition) is 1. The Bertz CT molecular complexity index is 1280. The van der Waals surface area contributed by atoms with Crippen LogP contribution in [0.4, 0.5) is 0 Å². The van der Waals surface area contributed by atoms with Crippen molar-refractivity contribution in [2.24, 2.45) is 7.05 Å². The van der Waals surface area contributed by atoms with Crippen LogP contribution in [0.15, 0.2) is 47.5 Å². The zero-order valence-electron chi connectivity index (χ0n) is 15.2. The Kier molecular flexibility index (Phi) is 2.91. The van der Waals surface area contributed by atoms with Gasteiger partial charge < -0.3 is 14.5 Å². The fourth-order valence-electron chi connectivity index (χ4n) is 3.99. The Morgan fingerprint density at radius 3 is 2.93 bits per heavy atom. The van der Waals surface area contributed by atoms with Crippen LogP contribution in [0, 0.1) is 0 Å². The minimum Gasteiger partial charge on any atom is -0.492 e. The summed E-state index contributed by atoms with van der Waals surface area (Å²) >= 11 is 0. The highest BCUT2D eigenvalue weighted by atomic mass is 16.5. The Morgan fingerprint density at radius 2 is 2.14 bits per heavy atom. The van der Waals surface area contributed by atoms with E-state index in [1.54, 1.807) is 29.2 Å². The molecule has 3 aromatic heterocycles. The van der Waals surface area contributed by atoms with Gasteiger partial charge in [-0.25, -0.2) is 14.3 Å². The van der Waals surface area contributed by atoms with Crippen molar-refractivity contribution in [2.75, 3.05) is 6.61 Å². The van der Waals surface area contributed by atoms with Gasteiger partial charge in [0.05, 0.1) is 24.7 Å². The molecule has 4 aromatic rings. The number of nitrogens with zero attached hydrogens (tertiary/aromatic N) is 4.